The van der Waals surface area contributed by atoms with Gasteiger partial charge in [-0.15, -0.1) is 0 Å². The van der Waals surface area contributed by atoms with Gasteiger partial charge in [0, 0.05) is 16.7 Å². The van der Waals surface area contributed by atoms with Crippen LogP contribution >= 0.6 is 11.6 Å². The van der Waals surface area contributed by atoms with Crippen molar-refractivity contribution in [2.45, 2.75) is 0 Å². The van der Waals surface area contributed by atoms with Gasteiger partial charge in [0.05, 0.1) is 19.9 Å². The van der Waals surface area contributed by atoms with E-state index in [-0.39, 0.29) is 5.69 Å². The van der Waals surface area contributed by atoms with Gasteiger partial charge in [-0.3, -0.25) is 0 Å². The Morgan fingerprint density at radius 3 is 2.38 bits per heavy atom. The van der Waals surface area contributed by atoms with Gasteiger partial charge in [-0.2, -0.15) is 4.57 Å². The number of anilines is 1. The van der Waals surface area contributed by atoms with Crippen LogP contribution < -0.4 is 15.0 Å². The van der Waals surface area contributed by atoms with Gasteiger partial charge in [-0.05, 0) is 24.3 Å². The smallest absolute Gasteiger partial charge is 0.407 e. The summed E-state index contributed by atoms with van der Waals surface area (Å²) in [6, 6.07) is 8.99. The summed E-state index contributed by atoms with van der Waals surface area (Å²) in [7, 11) is 4.52. The molecule has 2 aromatic rings. The summed E-state index contributed by atoms with van der Waals surface area (Å²) in [5.74, 6) is -0.223. The normalized spacial score (nSPS) is 10.3. The molecule has 2 rings (SSSR count). The highest BCUT2D eigenvalue weighted by Gasteiger charge is 2.30. The first-order valence-electron chi connectivity index (χ1n) is 6.20. The zero-order chi connectivity index (χ0) is 15.6. The van der Waals surface area contributed by atoms with Gasteiger partial charge in [0.15, 0.2) is 0 Å². The Balaban J connectivity index is 2.71. The summed E-state index contributed by atoms with van der Waals surface area (Å²) in [5, 5.41) is 0.635. The van der Waals surface area contributed by atoms with Crippen molar-refractivity contribution < 1.29 is 18.8 Å². The largest absolute Gasteiger partial charge is 0.489 e. The molecule has 1 aromatic heterocycles. The van der Waals surface area contributed by atoms with Gasteiger partial charge in [0.1, 0.15) is 7.05 Å². The second-order valence-corrected chi connectivity index (χ2v) is 4.86. The van der Waals surface area contributed by atoms with E-state index in [4.69, 9.17) is 26.8 Å². The minimum atomic E-state index is -0.517. The van der Waals surface area contributed by atoms with Crippen LogP contribution in [-0.4, -0.2) is 20.2 Å². The van der Waals surface area contributed by atoms with Gasteiger partial charge < -0.3 is 15.2 Å². The first-order chi connectivity index (χ1) is 9.99. The standard InChI is InChI=1S/C15H15ClN2O3/c1-18-12(9-4-6-10(16)7-5-9)8-11(17)14(20-2)13(18)15(19)21-3/h4-8,17H,1-3H3/p+1. The number of hydrogen-bond donors (Lipinski definition) is 1. The highest BCUT2D eigenvalue weighted by Crippen LogP contribution is 2.29. The number of nitrogens with zero attached hydrogens (tertiary/aromatic N) is 1. The molecule has 0 saturated carbocycles. The third kappa shape index (κ3) is 2.78. The summed E-state index contributed by atoms with van der Waals surface area (Å²) in [6.45, 7) is 0. The molecule has 21 heavy (non-hydrogen) atoms. The molecule has 0 saturated heterocycles. The van der Waals surface area contributed by atoms with Crippen LogP contribution in [0.15, 0.2) is 30.3 Å². The molecule has 0 radical (unpaired) electrons. The predicted octanol–water partition coefficient (Wildman–Crippen LogP) is 2.21. The molecule has 0 unspecified atom stereocenters. The van der Waals surface area contributed by atoms with Crippen molar-refractivity contribution in [3.8, 4) is 17.0 Å². The lowest BCUT2D eigenvalue weighted by atomic mass is 10.1. The van der Waals surface area contributed by atoms with E-state index >= 15 is 0 Å². The fraction of sp³-hybridized carbons (Fsp3) is 0.200. The number of rotatable bonds is 3. The summed E-state index contributed by atoms with van der Waals surface area (Å²) >= 11 is 5.90. The molecule has 0 amide bonds. The third-order valence-corrected chi connectivity index (χ3v) is 3.44. The second kappa shape index (κ2) is 6.01. The molecular weight excluding hydrogens is 292 g/mol. The van der Waals surface area contributed by atoms with Crippen LogP contribution in [0.3, 0.4) is 0 Å². The Bertz CT molecular complexity index is 684. The molecule has 0 bridgehead atoms. The van der Waals surface area contributed by atoms with Crippen LogP contribution in [-0.2, 0) is 11.8 Å². The van der Waals surface area contributed by atoms with E-state index in [9.17, 15) is 4.79 Å². The van der Waals surface area contributed by atoms with E-state index < -0.39 is 5.97 Å². The second-order valence-electron chi connectivity index (χ2n) is 4.42. The highest BCUT2D eigenvalue weighted by atomic mass is 35.5. The summed E-state index contributed by atoms with van der Waals surface area (Å²) in [4.78, 5) is 12.0. The monoisotopic (exact) mass is 307 g/mol. The number of carbonyl (C=O) groups excluding carboxylic acids is 1. The van der Waals surface area contributed by atoms with Crippen molar-refractivity contribution in [3.05, 3.63) is 41.0 Å². The van der Waals surface area contributed by atoms with Crippen LogP contribution in [0.2, 0.25) is 5.02 Å². The molecule has 1 heterocycles. The minimum absolute atomic E-state index is 0.255. The van der Waals surface area contributed by atoms with Crippen molar-refractivity contribution in [3.63, 3.8) is 0 Å². The van der Waals surface area contributed by atoms with E-state index in [0.29, 0.717) is 16.5 Å². The molecule has 6 heteroatoms. The Morgan fingerprint density at radius 2 is 1.86 bits per heavy atom. The van der Waals surface area contributed by atoms with Crippen molar-refractivity contribution >= 4 is 23.3 Å². The predicted molar refractivity (Wildman–Crippen MR) is 80.4 cm³/mol. The molecule has 0 atom stereocenters. The molecule has 110 valence electrons. The number of pyridine rings is 1. The van der Waals surface area contributed by atoms with Crippen molar-refractivity contribution in [1.82, 2.24) is 0 Å². The number of hydrogen-bond acceptors (Lipinski definition) is 4. The van der Waals surface area contributed by atoms with Crippen molar-refractivity contribution in [2.75, 3.05) is 20.0 Å². The zero-order valence-corrected chi connectivity index (χ0v) is 12.8. The number of benzene rings is 1. The van der Waals surface area contributed by atoms with E-state index in [1.807, 2.05) is 12.1 Å². The van der Waals surface area contributed by atoms with Gasteiger partial charge in [-0.1, -0.05) is 11.6 Å². The number of ether oxygens (including phenoxy) is 2. The minimum Gasteiger partial charge on any atom is -0.489 e. The number of esters is 1. The number of nitrogens with two attached hydrogens (primary N) is 1. The number of halogens is 1. The highest BCUT2D eigenvalue weighted by molar-refractivity contribution is 6.30. The Morgan fingerprint density at radius 1 is 1.24 bits per heavy atom. The number of nitrogen functional groups attached to an aromatic ring is 1. The lowest BCUT2D eigenvalue weighted by Crippen LogP contribution is -2.40. The van der Waals surface area contributed by atoms with Crippen LogP contribution in [0.5, 0.6) is 5.75 Å². The van der Waals surface area contributed by atoms with Crippen LogP contribution in [0, 0.1) is 0 Å². The number of carbonyl (C=O) groups is 1. The molecule has 0 fully saturated rings. The lowest BCUT2D eigenvalue weighted by molar-refractivity contribution is -0.663. The van der Waals surface area contributed by atoms with E-state index in [0.717, 1.165) is 11.3 Å². The molecule has 0 aliphatic heterocycles. The lowest BCUT2D eigenvalue weighted by Gasteiger charge is -2.10. The van der Waals surface area contributed by atoms with Crippen LogP contribution in [0.1, 0.15) is 10.5 Å². The fourth-order valence-electron chi connectivity index (χ4n) is 2.16. The topological polar surface area (TPSA) is 65.4 Å². The first-order valence-corrected chi connectivity index (χ1v) is 6.58. The molecule has 0 aliphatic carbocycles. The van der Waals surface area contributed by atoms with Crippen LogP contribution in [0.25, 0.3) is 11.3 Å². The maximum absolute atomic E-state index is 12.0. The number of aromatic nitrogens is 1. The molecule has 0 aliphatic rings. The molecule has 0 spiro atoms. The first kappa shape index (κ1) is 15.1. The zero-order valence-electron chi connectivity index (χ0n) is 12.0. The van der Waals surface area contributed by atoms with Gasteiger partial charge in [0.2, 0.25) is 11.4 Å². The van der Waals surface area contributed by atoms with Crippen molar-refractivity contribution in [2.24, 2.45) is 7.05 Å². The Labute approximate surface area is 127 Å². The summed E-state index contributed by atoms with van der Waals surface area (Å²) in [5.41, 5.74) is 8.24. The summed E-state index contributed by atoms with van der Waals surface area (Å²) < 4.78 is 11.7. The average molecular weight is 308 g/mol. The molecular formula is C15H16ClN2O3+. The quantitative estimate of drug-likeness (QED) is 0.697. The average Bonchev–Trinajstić information content (AvgIpc) is 2.49. The van der Waals surface area contributed by atoms with Crippen LogP contribution in [0.4, 0.5) is 5.69 Å². The van der Waals surface area contributed by atoms with E-state index in [2.05, 4.69) is 0 Å². The summed E-state index contributed by atoms with van der Waals surface area (Å²) in [6.07, 6.45) is 0. The SMILES string of the molecule is COC(=O)c1c(OC)c(N)cc(-c2ccc(Cl)cc2)[n+]1C. The van der Waals surface area contributed by atoms with Gasteiger partial charge in [0.25, 0.3) is 0 Å². The van der Waals surface area contributed by atoms with Gasteiger partial charge in [-0.25, -0.2) is 4.79 Å². The van der Waals surface area contributed by atoms with E-state index in [1.165, 1.54) is 14.2 Å². The third-order valence-electron chi connectivity index (χ3n) is 3.19. The maximum Gasteiger partial charge on any atom is 0.407 e. The molecule has 5 nitrogen and oxygen atoms in total. The van der Waals surface area contributed by atoms with Crippen molar-refractivity contribution in [1.29, 1.82) is 0 Å². The maximum atomic E-state index is 12.0. The fourth-order valence-corrected chi connectivity index (χ4v) is 2.28. The molecule has 1 aromatic carbocycles. The Kier molecular flexibility index (Phi) is 4.33. The van der Waals surface area contributed by atoms with E-state index in [1.54, 1.807) is 29.8 Å². The molecule has 2 N–H and O–H groups in total. The van der Waals surface area contributed by atoms with Gasteiger partial charge >= 0.3 is 11.7 Å². The Hall–Kier alpha value is -2.27. The number of methoxy groups -OCH3 is 2.